The second kappa shape index (κ2) is 10.5. The molecule has 0 spiro atoms. The number of nitrogen functional groups attached to an aromatic ring is 1. The van der Waals surface area contributed by atoms with Gasteiger partial charge in [-0.2, -0.15) is 5.10 Å². The third-order valence-corrected chi connectivity index (χ3v) is 6.62. The van der Waals surface area contributed by atoms with Crippen molar-refractivity contribution in [3.05, 3.63) is 101 Å². The Bertz CT molecular complexity index is 1610. The molecule has 8 heteroatoms. The number of allylic oxidation sites excluding steroid dienone is 1. The fourth-order valence-corrected chi connectivity index (χ4v) is 4.57. The number of hydrogen-bond acceptors (Lipinski definition) is 7. The summed E-state index contributed by atoms with van der Waals surface area (Å²) in [6.45, 7) is 6.19. The minimum Gasteiger partial charge on any atom is -0.405 e. The number of fused-ring (bicyclic) bond motifs is 2. The topological polar surface area (TPSA) is 120 Å². The Hall–Kier alpha value is -4.72. The highest BCUT2D eigenvalue weighted by Crippen LogP contribution is 2.28. The van der Waals surface area contributed by atoms with Gasteiger partial charge >= 0.3 is 0 Å². The Morgan fingerprint density at radius 1 is 1.00 bits per heavy atom. The first-order chi connectivity index (χ1) is 18.0. The lowest BCUT2D eigenvalue weighted by molar-refractivity contribution is 0.711. The smallest absolute Gasteiger partial charge is 0.131 e. The van der Waals surface area contributed by atoms with Crippen LogP contribution < -0.4 is 16.8 Å². The Kier molecular flexibility index (Phi) is 6.81. The van der Waals surface area contributed by atoms with Gasteiger partial charge in [-0.3, -0.25) is 9.67 Å². The fraction of sp³-hybridized carbons (Fsp3) is 0.172. The molecule has 0 aliphatic carbocycles. The maximum absolute atomic E-state index is 6.10. The average Bonchev–Trinajstić information content (AvgIpc) is 3.30. The average molecular weight is 491 g/mol. The molecule has 2 aromatic carbocycles. The summed E-state index contributed by atoms with van der Waals surface area (Å²) in [6, 6.07) is 14.6. The van der Waals surface area contributed by atoms with Crippen LogP contribution >= 0.6 is 0 Å². The molecule has 37 heavy (non-hydrogen) atoms. The van der Waals surface area contributed by atoms with Crippen molar-refractivity contribution in [2.45, 2.75) is 33.5 Å². The van der Waals surface area contributed by atoms with Crippen molar-refractivity contribution in [2.24, 2.45) is 10.7 Å². The molecule has 0 unspecified atom stereocenters. The Labute approximate surface area is 215 Å². The molecule has 8 nitrogen and oxygen atoms in total. The van der Waals surface area contributed by atoms with E-state index in [1.165, 1.54) is 28.5 Å². The highest BCUT2D eigenvalue weighted by Gasteiger charge is 2.11. The molecule has 3 heterocycles. The van der Waals surface area contributed by atoms with Crippen LogP contribution in [-0.2, 0) is 19.6 Å². The van der Waals surface area contributed by atoms with Gasteiger partial charge in [0.15, 0.2) is 0 Å². The van der Waals surface area contributed by atoms with Crippen LogP contribution in [0.3, 0.4) is 0 Å². The van der Waals surface area contributed by atoms with Gasteiger partial charge in [0.1, 0.15) is 11.6 Å². The molecule has 0 fully saturated rings. The van der Waals surface area contributed by atoms with Crippen LogP contribution in [0.25, 0.3) is 21.7 Å². The van der Waals surface area contributed by atoms with Gasteiger partial charge in [0.05, 0.1) is 24.8 Å². The molecule has 5 rings (SSSR count). The van der Waals surface area contributed by atoms with Crippen molar-refractivity contribution in [3.63, 3.8) is 0 Å². The molecule has 0 radical (unpaired) electrons. The second-order valence-electron chi connectivity index (χ2n) is 9.06. The van der Waals surface area contributed by atoms with E-state index in [0.29, 0.717) is 25.5 Å². The number of aliphatic imine (C=N–C) groups is 1. The molecule has 0 aliphatic rings. The number of nitrogens with zero attached hydrogens (tertiary/aromatic N) is 5. The first-order valence-corrected chi connectivity index (χ1v) is 12.2. The maximum Gasteiger partial charge on any atom is 0.131 e. The highest BCUT2D eigenvalue weighted by molar-refractivity contribution is 5.94. The molecule has 0 atom stereocenters. The number of rotatable bonds is 8. The highest BCUT2D eigenvalue weighted by atomic mass is 15.3. The summed E-state index contributed by atoms with van der Waals surface area (Å²) in [6.07, 6.45) is 10.4. The van der Waals surface area contributed by atoms with Gasteiger partial charge in [-0.25, -0.2) is 9.97 Å². The predicted molar refractivity (Wildman–Crippen MR) is 152 cm³/mol. The first kappa shape index (κ1) is 24.0. The lowest BCUT2D eigenvalue weighted by Gasteiger charge is -2.15. The maximum atomic E-state index is 6.10. The van der Waals surface area contributed by atoms with Gasteiger partial charge in [0, 0.05) is 42.0 Å². The lowest BCUT2D eigenvalue weighted by Crippen LogP contribution is -2.07. The van der Waals surface area contributed by atoms with E-state index < -0.39 is 0 Å². The van der Waals surface area contributed by atoms with Crippen LogP contribution in [0, 0.1) is 13.8 Å². The molecule has 0 saturated carbocycles. The molecule has 0 saturated heterocycles. The molecule has 5 aromatic rings. The van der Waals surface area contributed by atoms with Gasteiger partial charge in [-0.05, 0) is 71.5 Å². The van der Waals surface area contributed by atoms with Crippen LogP contribution in [-0.4, -0.2) is 26.0 Å². The summed E-state index contributed by atoms with van der Waals surface area (Å²) >= 11 is 0. The van der Waals surface area contributed by atoms with E-state index >= 15 is 0 Å². The van der Waals surface area contributed by atoms with Crippen LogP contribution in [0.1, 0.15) is 27.8 Å². The van der Waals surface area contributed by atoms with Crippen molar-refractivity contribution in [1.29, 1.82) is 0 Å². The van der Waals surface area contributed by atoms with Crippen LogP contribution in [0.15, 0.2) is 78.3 Å². The Morgan fingerprint density at radius 3 is 2.62 bits per heavy atom. The summed E-state index contributed by atoms with van der Waals surface area (Å²) in [5.41, 5.74) is 18.4. The predicted octanol–water partition coefficient (Wildman–Crippen LogP) is 4.88. The number of pyridine rings is 2. The normalized spacial score (nSPS) is 11.8. The van der Waals surface area contributed by atoms with E-state index in [4.69, 9.17) is 11.5 Å². The minimum atomic E-state index is 0.562. The van der Waals surface area contributed by atoms with E-state index in [2.05, 4.69) is 75.6 Å². The molecule has 3 aromatic heterocycles. The Morgan fingerprint density at radius 2 is 1.81 bits per heavy atom. The SMILES string of the molecule is Cc1cc2c(N)nccc2c(C)c1CNc1cc2c(cn1)cnn2Cc1ccc(CN=C/C=C\N)cc1. The van der Waals surface area contributed by atoms with Gasteiger partial charge in [0.2, 0.25) is 0 Å². The Balaban J connectivity index is 1.32. The van der Waals surface area contributed by atoms with Crippen LogP contribution in [0.5, 0.6) is 0 Å². The molecule has 0 amide bonds. The summed E-state index contributed by atoms with van der Waals surface area (Å²) in [5.74, 6) is 1.37. The minimum absolute atomic E-state index is 0.562. The second-order valence-corrected chi connectivity index (χ2v) is 9.06. The standard InChI is InChI=1S/C29H30N8/c1-19-12-25-24(8-11-33-29(25)31)20(2)26(19)17-35-28-13-27-23(15-34-28)16-36-37(27)18-22-6-4-21(5-7-22)14-32-10-3-9-30/h3-13,15-16H,14,17-18,30H2,1-2H3,(H2,31,33)(H,34,35)/b9-3-,32-10?. The zero-order chi connectivity index (χ0) is 25.8. The number of aromatic nitrogens is 4. The van der Waals surface area contributed by atoms with Crippen molar-refractivity contribution in [1.82, 2.24) is 19.7 Å². The molecule has 0 bridgehead atoms. The first-order valence-electron chi connectivity index (χ1n) is 12.2. The van der Waals surface area contributed by atoms with Gasteiger partial charge in [0.25, 0.3) is 0 Å². The van der Waals surface area contributed by atoms with E-state index in [0.717, 1.165) is 33.1 Å². The van der Waals surface area contributed by atoms with Gasteiger partial charge in [-0.15, -0.1) is 0 Å². The summed E-state index contributed by atoms with van der Waals surface area (Å²) in [4.78, 5) is 13.2. The quantitative estimate of drug-likeness (QED) is 0.267. The van der Waals surface area contributed by atoms with Crippen LogP contribution in [0.2, 0.25) is 0 Å². The molecular formula is C29H30N8. The molecular weight excluding hydrogens is 460 g/mol. The van der Waals surface area contributed by atoms with Gasteiger partial charge in [-0.1, -0.05) is 24.3 Å². The molecule has 186 valence electrons. The zero-order valence-electron chi connectivity index (χ0n) is 21.0. The third kappa shape index (κ3) is 5.13. The van der Waals surface area contributed by atoms with E-state index in [1.54, 1.807) is 18.5 Å². The van der Waals surface area contributed by atoms with E-state index in [1.807, 2.05) is 23.1 Å². The lowest BCUT2D eigenvalue weighted by atomic mass is 9.96. The van der Waals surface area contributed by atoms with E-state index in [9.17, 15) is 0 Å². The molecule has 0 aliphatic heterocycles. The summed E-state index contributed by atoms with van der Waals surface area (Å²) < 4.78 is 2.00. The number of nitrogens with one attached hydrogen (secondary N) is 1. The molecule has 5 N–H and O–H groups in total. The number of hydrogen-bond donors (Lipinski definition) is 3. The third-order valence-electron chi connectivity index (χ3n) is 6.62. The fourth-order valence-electron chi connectivity index (χ4n) is 4.57. The van der Waals surface area contributed by atoms with Crippen molar-refractivity contribution < 1.29 is 0 Å². The summed E-state index contributed by atoms with van der Waals surface area (Å²) in [5, 5.41) is 11.2. The number of nitrogens with two attached hydrogens (primary N) is 2. The van der Waals surface area contributed by atoms with Crippen molar-refractivity contribution in [2.75, 3.05) is 11.1 Å². The van der Waals surface area contributed by atoms with Crippen molar-refractivity contribution >= 4 is 39.5 Å². The van der Waals surface area contributed by atoms with Crippen molar-refractivity contribution in [3.8, 4) is 0 Å². The summed E-state index contributed by atoms with van der Waals surface area (Å²) in [7, 11) is 0. The van der Waals surface area contributed by atoms with Gasteiger partial charge < -0.3 is 16.8 Å². The largest absolute Gasteiger partial charge is 0.405 e. The van der Waals surface area contributed by atoms with Crippen LogP contribution in [0.4, 0.5) is 11.6 Å². The number of anilines is 2. The number of aryl methyl sites for hydroxylation is 2. The number of benzene rings is 2. The van der Waals surface area contributed by atoms with E-state index in [-0.39, 0.29) is 0 Å². The monoisotopic (exact) mass is 490 g/mol. The zero-order valence-corrected chi connectivity index (χ0v) is 21.0.